The first-order valence-corrected chi connectivity index (χ1v) is 10.1. The Labute approximate surface area is 123 Å². The summed E-state index contributed by atoms with van der Waals surface area (Å²) in [7, 11) is -3.06. The van der Waals surface area contributed by atoms with Crippen LogP contribution in [0.2, 0.25) is 0 Å². The van der Waals surface area contributed by atoms with E-state index >= 15 is 0 Å². The van der Waals surface area contributed by atoms with Gasteiger partial charge in [0, 0.05) is 35.2 Å². The van der Waals surface area contributed by atoms with Crippen LogP contribution in [-0.2, 0) is 9.84 Å². The second-order valence-electron chi connectivity index (χ2n) is 4.49. The average Bonchev–Trinajstić information content (AvgIpc) is 2.94. The third-order valence-corrected chi connectivity index (χ3v) is 7.71. The highest BCUT2D eigenvalue weighted by atomic mass is 32.2. The van der Waals surface area contributed by atoms with Gasteiger partial charge >= 0.3 is 0 Å². The predicted octanol–water partition coefficient (Wildman–Crippen LogP) is 1.56. The minimum absolute atomic E-state index is 0.0206. The number of thioether (sulfide) groups is 1. The molecule has 2 heterocycles. The molecule has 2 unspecified atom stereocenters. The standard InChI is InChI=1S/C12H20N2O2S3/c1-2-19(15,16)12-9-17-7-5-14(12)10(8-13)11-4-3-6-18-11/h3-4,6,10,12H,2,5,7-9,13H2,1H3. The number of hydrogen-bond acceptors (Lipinski definition) is 6. The smallest absolute Gasteiger partial charge is 0.166 e. The van der Waals surface area contributed by atoms with Gasteiger partial charge in [0.25, 0.3) is 0 Å². The summed E-state index contributed by atoms with van der Waals surface area (Å²) >= 11 is 3.36. The van der Waals surface area contributed by atoms with E-state index in [1.54, 1.807) is 30.0 Å². The summed E-state index contributed by atoms with van der Waals surface area (Å²) in [6, 6.07) is 4.05. The molecule has 0 spiro atoms. The van der Waals surface area contributed by atoms with Crippen molar-refractivity contribution < 1.29 is 8.42 Å². The third kappa shape index (κ3) is 3.33. The number of nitrogens with two attached hydrogens (primary N) is 1. The molecule has 1 aromatic rings. The van der Waals surface area contributed by atoms with Gasteiger partial charge in [0.2, 0.25) is 0 Å². The van der Waals surface area contributed by atoms with Crippen LogP contribution in [-0.4, -0.2) is 49.0 Å². The average molecular weight is 321 g/mol. The van der Waals surface area contributed by atoms with Gasteiger partial charge in [-0.25, -0.2) is 8.42 Å². The van der Waals surface area contributed by atoms with Crippen LogP contribution in [0.1, 0.15) is 17.8 Å². The Morgan fingerprint density at radius 2 is 2.37 bits per heavy atom. The minimum atomic E-state index is -3.06. The van der Waals surface area contributed by atoms with Gasteiger partial charge in [-0.1, -0.05) is 13.0 Å². The van der Waals surface area contributed by atoms with Gasteiger partial charge in [0.05, 0.1) is 6.04 Å². The molecule has 0 radical (unpaired) electrons. The van der Waals surface area contributed by atoms with Crippen molar-refractivity contribution in [2.24, 2.45) is 5.73 Å². The molecule has 2 rings (SSSR count). The molecule has 108 valence electrons. The number of sulfone groups is 1. The minimum Gasteiger partial charge on any atom is -0.329 e. The first-order valence-electron chi connectivity index (χ1n) is 6.38. The Morgan fingerprint density at radius 1 is 1.58 bits per heavy atom. The fourth-order valence-electron chi connectivity index (χ4n) is 2.35. The van der Waals surface area contributed by atoms with Crippen molar-refractivity contribution in [2.75, 3.05) is 30.3 Å². The van der Waals surface area contributed by atoms with E-state index in [0.29, 0.717) is 12.3 Å². The molecule has 1 saturated heterocycles. The fourth-order valence-corrected chi connectivity index (χ4v) is 6.28. The molecule has 1 aromatic heterocycles. The van der Waals surface area contributed by atoms with Crippen LogP contribution in [0.3, 0.4) is 0 Å². The van der Waals surface area contributed by atoms with E-state index in [4.69, 9.17) is 5.73 Å². The second kappa shape index (κ2) is 6.58. The molecule has 4 nitrogen and oxygen atoms in total. The van der Waals surface area contributed by atoms with Crippen molar-refractivity contribution >= 4 is 32.9 Å². The van der Waals surface area contributed by atoms with Crippen LogP contribution in [0.5, 0.6) is 0 Å². The zero-order valence-corrected chi connectivity index (χ0v) is 13.4. The normalized spacial score (nSPS) is 23.4. The SMILES string of the molecule is CCS(=O)(=O)C1CSCCN1C(CN)c1cccs1. The van der Waals surface area contributed by atoms with Gasteiger partial charge < -0.3 is 5.73 Å². The second-order valence-corrected chi connectivity index (χ2v) is 9.06. The van der Waals surface area contributed by atoms with E-state index in [2.05, 4.69) is 4.90 Å². The lowest BCUT2D eigenvalue weighted by atomic mass is 10.2. The van der Waals surface area contributed by atoms with Gasteiger partial charge in [-0.15, -0.1) is 11.3 Å². The lowest BCUT2D eigenvalue weighted by molar-refractivity contribution is 0.200. The molecule has 0 aliphatic carbocycles. The topological polar surface area (TPSA) is 63.4 Å². The molecular formula is C12H20N2O2S3. The number of hydrogen-bond donors (Lipinski definition) is 1. The van der Waals surface area contributed by atoms with Crippen molar-refractivity contribution in [3.63, 3.8) is 0 Å². The maximum atomic E-state index is 12.3. The van der Waals surface area contributed by atoms with E-state index in [1.165, 1.54) is 0 Å². The van der Waals surface area contributed by atoms with Crippen LogP contribution in [0, 0.1) is 0 Å². The highest BCUT2D eigenvalue weighted by Crippen LogP contribution is 2.32. The molecule has 1 aliphatic heterocycles. The van der Waals surface area contributed by atoms with Gasteiger partial charge in [0.15, 0.2) is 9.84 Å². The van der Waals surface area contributed by atoms with Gasteiger partial charge in [-0.05, 0) is 11.4 Å². The van der Waals surface area contributed by atoms with Crippen molar-refractivity contribution in [3.8, 4) is 0 Å². The molecule has 2 atom stereocenters. The third-order valence-electron chi connectivity index (χ3n) is 3.44. The van der Waals surface area contributed by atoms with Crippen LogP contribution < -0.4 is 5.73 Å². The lowest BCUT2D eigenvalue weighted by Gasteiger charge is -2.39. The van der Waals surface area contributed by atoms with Gasteiger partial charge in [-0.3, -0.25) is 4.90 Å². The predicted molar refractivity (Wildman–Crippen MR) is 83.4 cm³/mol. The Balaban J connectivity index is 2.28. The van der Waals surface area contributed by atoms with Crippen LogP contribution in [0.25, 0.3) is 0 Å². The van der Waals surface area contributed by atoms with Crippen LogP contribution >= 0.6 is 23.1 Å². The highest BCUT2D eigenvalue weighted by Gasteiger charge is 2.37. The van der Waals surface area contributed by atoms with E-state index in [0.717, 1.165) is 17.2 Å². The summed E-state index contributed by atoms with van der Waals surface area (Å²) in [6.07, 6.45) is 0. The lowest BCUT2D eigenvalue weighted by Crippen LogP contribution is -2.50. The Hall–Kier alpha value is -0.0800. The van der Waals surface area contributed by atoms with E-state index in [9.17, 15) is 8.42 Å². The Morgan fingerprint density at radius 3 is 2.95 bits per heavy atom. The summed E-state index contributed by atoms with van der Waals surface area (Å²) in [4.78, 5) is 3.24. The maximum absolute atomic E-state index is 12.3. The van der Waals surface area contributed by atoms with Crippen molar-refractivity contribution in [2.45, 2.75) is 18.3 Å². The summed E-state index contributed by atoms with van der Waals surface area (Å²) in [5.74, 6) is 1.81. The highest BCUT2D eigenvalue weighted by molar-refractivity contribution is 8.01. The molecule has 19 heavy (non-hydrogen) atoms. The first kappa shape index (κ1) is 15.3. The molecule has 0 saturated carbocycles. The molecule has 1 aliphatic rings. The number of rotatable bonds is 5. The molecule has 2 N–H and O–H groups in total. The summed E-state index contributed by atoms with van der Waals surface area (Å²) in [5, 5.41) is 1.62. The fraction of sp³-hybridized carbons (Fsp3) is 0.667. The van der Waals surface area contributed by atoms with Crippen LogP contribution in [0.15, 0.2) is 17.5 Å². The molecule has 0 amide bonds. The van der Waals surface area contributed by atoms with Gasteiger partial charge in [0.1, 0.15) is 5.37 Å². The molecule has 7 heteroatoms. The first-order chi connectivity index (χ1) is 9.10. The summed E-state index contributed by atoms with van der Waals surface area (Å²) in [5.41, 5.74) is 5.91. The summed E-state index contributed by atoms with van der Waals surface area (Å²) in [6.45, 7) is 2.96. The molecule has 0 aromatic carbocycles. The molecular weight excluding hydrogens is 300 g/mol. The van der Waals surface area contributed by atoms with Gasteiger partial charge in [-0.2, -0.15) is 11.8 Å². The zero-order valence-electron chi connectivity index (χ0n) is 11.0. The molecule has 0 bridgehead atoms. The maximum Gasteiger partial charge on any atom is 0.166 e. The monoisotopic (exact) mass is 320 g/mol. The van der Waals surface area contributed by atoms with Crippen molar-refractivity contribution in [1.29, 1.82) is 0 Å². The van der Waals surface area contributed by atoms with Crippen molar-refractivity contribution in [1.82, 2.24) is 4.90 Å². The van der Waals surface area contributed by atoms with Crippen molar-refractivity contribution in [3.05, 3.63) is 22.4 Å². The Kier molecular flexibility index (Phi) is 5.30. The van der Waals surface area contributed by atoms with Crippen LogP contribution in [0.4, 0.5) is 0 Å². The number of nitrogens with zero attached hydrogens (tertiary/aromatic N) is 1. The Bertz CT molecular complexity index is 487. The zero-order chi connectivity index (χ0) is 13.9. The quantitative estimate of drug-likeness (QED) is 0.892. The largest absolute Gasteiger partial charge is 0.329 e. The molecule has 1 fully saturated rings. The summed E-state index contributed by atoms with van der Waals surface area (Å²) < 4.78 is 24.5. The van der Waals surface area contributed by atoms with E-state index in [-0.39, 0.29) is 11.8 Å². The number of thiophene rings is 1. The van der Waals surface area contributed by atoms with E-state index < -0.39 is 15.2 Å². The van der Waals surface area contributed by atoms with E-state index in [1.807, 2.05) is 17.5 Å².